The van der Waals surface area contributed by atoms with E-state index >= 15 is 0 Å². The normalized spacial score (nSPS) is 14.4. The second-order valence-corrected chi connectivity index (χ2v) is 6.63. The zero-order chi connectivity index (χ0) is 14.4. The molecule has 4 rings (SSSR count). The van der Waals surface area contributed by atoms with Gasteiger partial charge < -0.3 is 4.74 Å². The lowest BCUT2D eigenvalue weighted by Crippen LogP contribution is -2.03. The first-order valence-electron chi connectivity index (χ1n) is 7.42. The number of methoxy groups -OCH3 is 1. The smallest absolute Gasteiger partial charge is 0.194 e. The van der Waals surface area contributed by atoms with Crippen LogP contribution in [0.5, 0.6) is 5.75 Å². The number of hydrogen-bond acceptors (Lipinski definition) is 3. The van der Waals surface area contributed by atoms with Crippen LogP contribution >= 0.6 is 11.3 Å². The van der Waals surface area contributed by atoms with Crippen LogP contribution in [-0.4, -0.2) is 16.5 Å². The summed E-state index contributed by atoms with van der Waals surface area (Å²) in [6, 6.07) is 8.17. The summed E-state index contributed by atoms with van der Waals surface area (Å²) >= 11 is 1.86. The van der Waals surface area contributed by atoms with Crippen molar-refractivity contribution < 1.29 is 4.74 Å². The second kappa shape index (κ2) is 4.88. The molecule has 2 heterocycles. The summed E-state index contributed by atoms with van der Waals surface area (Å²) in [5.41, 5.74) is 5.01. The Bertz CT molecular complexity index is 798. The molecule has 0 spiro atoms. The Balaban J connectivity index is 1.85. The van der Waals surface area contributed by atoms with Crippen LogP contribution in [0.15, 0.2) is 24.3 Å². The Morgan fingerprint density at radius 2 is 1.90 bits per heavy atom. The fraction of sp³-hybridized carbons (Fsp3) is 0.353. The number of hydrogen-bond donors (Lipinski definition) is 0. The van der Waals surface area contributed by atoms with E-state index in [1.165, 1.54) is 41.9 Å². The molecule has 0 radical (unpaired) electrons. The van der Waals surface area contributed by atoms with Gasteiger partial charge in [-0.1, -0.05) is 0 Å². The summed E-state index contributed by atoms with van der Waals surface area (Å²) in [5.74, 6) is 0.884. The van der Waals surface area contributed by atoms with E-state index < -0.39 is 0 Å². The number of aromatic nitrogens is 2. The molecule has 0 atom stereocenters. The fourth-order valence-corrected chi connectivity index (χ4v) is 4.46. The van der Waals surface area contributed by atoms with Crippen molar-refractivity contribution in [1.82, 2.24) is 9.38 Å². The third-order valence-corrected chi connectivity index (χ3v) is 5.46. The Hall–Kier alpha value is -1.81. The van der Waals surface area contributed by atoms with Crippen LogP contribution < -0.4 is 4.74 Å². The number of aryl methyl sites for hydroxylation is 3. The van der Waals surface area contributed by atoms with Crippen molar-refractivity contribution in [3.8, 4) is 17.0 Å². The highest BCUT2D eigenvalue weighted by Crippen LogP contribution is 2.34. The van der Waals surface area contributed by atoms with Gasteiger partial charge in [-0.15, -0.1) is 11.3 Å². The molecule has 1 aliphatic rings. The van der Waals surface area contributed by atoms with Gasteiger partial charge in [-0.3, -0.25) is 4.40 Å². The maximum absolute atomic E-state index is 5.23. The minimum Gasteiger partial charge on any atom is -0.497 e. The van der Waals surface area contributed by atoms with Crippen LogP contribution in [0.3, 0.4) is 0 Å². The van der Waals surface area contributed by atoms with Gasteiger partial charge in [0.25, 0.3) is 0 Å². The molecule has 1 aliphatic carbocycles. The van der Waals surface area contributed by atoms with Gasteiger partial charge in [0.05, 0.1) is 12.8 Å². The van der Waals surface area contributed by atoms with Crippen LogP contribution in [-0.2, 0) is 12.8 Å². The van der Waals surface area contributed by atoms with Crippen molar-refractivity contribution in [2.45, 2.75) is 32.6 Å². The minimum atomic E-state index is 0.884. The zero-order valence-corrected chi connectivity index (χ0v) is 13.2. The van der Waals surface area contributed by atoms with E-state index in [0.717, 1.165) is 22.0 Å². The monoisotopic (exact) mass is 298 g/mol. The van der Waals surface area contributed by atoms with Crippen molar-refractivity contribution in [3.05, 3.63) is 40.5 Å². The number of ether oxygens (including phenoxy) is 1. The van der Waals surface area contributed by atoms with Gasteiger partial charge in [0.1, 0.15) is 5.75 Å². The van der Waals surface area contributed by atoms with Crippen LogP contribution in [0.1, 0.15) is 29.1 Å². The average Bonchev–Trinajstić information content (AvgIpc) is 3.04. The Labute approximate surface area is 128 Å². The lowest BCUT2D eigenvalue weighted by atomic mass is 10.0. The summed E-state index contributed by atoms with van der Waals surface area (Å²) in [7, 11) is 1.69. The van der Waals surface area contributed by atoms with Crippen molar-refractivity contribution >= 4 is 16.3 Å². The van der Waals surface area contributed by atoms with Gasteiger partial charge in [-0.25, -0.2) is 4.98 Å². The Morgan fingerprint density at radius 1 is 1.14 bits per heavy atom. The predicted molar refractivity (Wildman–Crippen MR) is 86.4 cm³/mol. The van der Waals surface area contributed by atoms with Crippen molar-refractivity contribution in [3.63, 3.8) is 0 Å². The molecule has 0 saturated heterocycles. The number of imidazole rings is 1. The first-order chi connectivity index (χ1) is 10.3. The van der Waals surface area contributed by atoms with E-state index in [9.17, 15) is 0 Å². The van der Waals surface area contributed by atoms with Crippen LogP contribution in [0, 0.1) is 6.92 Å². The molecule has 108 valence electrons. The van der Waals surface area contributed by atoms with E-state index in [2.05, 4.69) is 23.5 Å². The van der Waals surface area contributed by atoms with Gasteiger partial charge in [-0.2, -0.15) is 0 Å². The maximum Gasteiger partial charge on any atom is 0.194 e. The molecular formula is C17H18N2OS. The highest BCUT2D eigenvalue weighted by molar-refractivity contribution is 7.17. The van der Waals surface area contributed by atoms with Gasteiger partial charge >= 0.3 is 0 Å². The number of nitrogens with zero attached hydrogens (tertiary/aromatic N) is 2. The van der Waals surface area contributed by atoms with Gasteiger partial charge in [0.2, 0.25) is 0 Å². The van der Waals surface area contributed by atoms with Crippen LogP contribution in [0.25, 0.3) is 16.2 Å². The molecule has 0 fully saturated rings. The van der Waals surface area contributed by atoms with E-state index in [1.807, 2.05) is 23.5 Å². The number of benzene rings is 1. The molecule has 1 aromatic carbocycles. The van der Waals surface area contributed by atoms with E-state index in [4.69, 9.17) is 9.72 Å². The maximum atomic E-state index is 5.23. The molecule has 4 heteroatoms. The van der Waals surface area contributed by atoms with Gasteiger partial charge in [0, 0.05) is 21.8 Å². The van der Waals surface area contributed by atoms with Crippen LogP contribution in [0.2, 0.25) is 0 Å². The molecular weight excluding hydrogens is 280 g/mol. The standard InChI is InChI=1S/C17H18N2OS/c1-11-16(12-7-9-13(20-2)10-8-12)18-17-19(11)14-5-3-4-6-15(14)21-17/h7-10H,3-6H2,1-2H3. The summed E-state index contributed by atoms with van der Waals surface area (Å²) < 4.78 is 7.60. The first-order valence-corrected chi connectivity index (χ1v) is 8.23. The highest BCUT2D eigenvalue weighted by Gasteiger charge is 2.21. The number of fused-ring (bicyclic) bond motifs is 3. The quantitative estimate of drug-likeness (QED) is 0.706. The van der Waals surface area contributed by atoms with E-state index in [0.29, 0.717) is 0 Å². The number of thiazole rings is 1. The first kappa shape index (κ1) is 12.9. The molecule has 3 aromatic rings. The minimum absolute atomic E-state index is 0.884. The molecule has 0 N–H and O–H groups in total. The molecule has 0 amide bonds. The molecule has 0 saturated carbocycles. The summed E-state index contributed by atoms with van der Waals surface area (Å²) in [6.07, 6.45) is 5.03. The molecule has 3 nitrogen and oxygen atoms in total. The lowest BCUT2D eigenvalue weighted by Gasteiger charge is -2.11. The third-order valence-electron chi connectivity index (χ3n) is 4.31. The van der Waals surface area contributed by atoms with Crippen LogP contribution in [0.4, 0.5) is 0 Å². The summed E-state index contributed by atoms with van der Waals surface area (Å²) in [6.45, 7) is 2.18. The summed E-state index contributed by atoms with van der Waals surface area (Å²) in [5, 5.41) is 0. The van der Waals surface area contributed by atoms with Crippen molar-refractivity contribution in [2.24, 2.45) is 0 Å². The van der Waals surface area contributed by atoms with E-state index in [1.54, 1.807) is 7.11 Å². The largest absolute Gasteiger partial charge is 0.497 e. The average molecular weight is 298 g/mol. The lowest BCUT2D eigenvalue weighted by molar-refractivity contribution is 0.415. The topological polar surface area (TPSA) is 26.5 Å². The van der Waals surface area contributed by atoms with Gasteiger partial charge in [-0.05, 0) is 56.9 Å². The Kier molecular flexibility index (Phi) is 3.00. The van der Waals surface area contributed by atoms with Crippen molar-refractivity contribution in [1.29, 1.82) is 0 Å². The second-order valence-electron chi connectivity index (χ2n) is 5.57. The molecule has 0 aliphatic heterocycles. The summed E-state index contributed by atoms with van der Waals surface area (Å²) in [4.78, 5) is 7.56. The van der Waals surface area contributed by atoms with Crippen molar-refractivity contribution in [2.75, 3.05) is 7.11 Å². The number of rotatable bonds is 2. The molecule has 21 heavy (non-hydrogen) atoms. The third kappa shape index (κ3) is 1.97. The fourth-order valence-electron chi connectivity index (χ4n) is 3.20. The zero-order valence-electron chi connectivity index (χ0n) is 12.3. The van der Waals surface area contributed by atoms with E-state index in [-0.39, 0.29) is 0 Å². The molecule has 0 unspecified atom stereocenters. The van der Waals surface area contributed by atoms with Gasteiger partial charge in [0.15, 0.2) is 4.96 Å². The predicted octanol–water partition coefficient (Wildman–Crippen LogP) is 4.26. The Morgan fingerprint density at radius 3 is 2.67 bits per heavy atom. The highest BCUT2D eigenvalue weighted by atomic mass is 32.1. The SMILES string of the molecule is COc1ccc(-c2nc3sc4c(n3c2C)CCCC4)cc1. The molecule has 0 bridgehead atoms. The molecule has 2 aromatic heterocycles.